The molecule has 4 rings (SSSR count). The quantitative estimate of drug-likeness (QED) is 0.666. The van der Waals surface area contributed by atoms with Gasteiger partial charge in [-0.3, -0.25) is 14.5 Å². The second kappa shape index (κ2) is 9.01. The summed E-state index contributed by atoms with van der Waals surface area (Å²) in [6.07, 6.45) is 2.96. The third-order valence-corrected chi connectivity index (χ3v) is 6.30. The Hall–Kier alpha value is -1.99. The Kier molecular flexibility index (Phi) is 6.22. The van der Waals surface area contributed by atoms with E-state index in [4.69, 9.17) is 5.10 Å². The highest BCUT2D eigenvalue weighted by Gasteiger charge is 2.27. The van der Waals surface area contributed by atoms with Gasteiger partial charge in [0.2, 0.25) is 0 Å². The average Bonchev–Trinajstić information content (AvgIpc) is 3.34. The van der Waals surface area contributed by atoms with Crippen molar-refractivity contribution in [2.45, 2.75) is 25.6 Å². The Morgan fingerprint density at radius 1 is 1.11 bits per heavy atom. The molecule has 0 aliphatic carbocycles. The molecule has 6 heteroatoms. The van der Waals surface area contributed by atoms with Gasteiger partial charge >= 0.3 is 0 Å². The van der Waals surface area contributed by atoms with Crippen LogP contribution in [0.1, 0.15) is 16.9 Å². The van der Waals surface area contributed by atoms with Gasteiger partial charge in [-0.2, -0.15) is 5.10 Å². The van der Waals surface area contributed by atoms with Crippen LogP contribution in [-0.4, -0.2) is 57.0 Å². The summed E-state index contributed by atoms with van der Waals surface area (Å²) in [5, 5.41) is 16.4. The Bertz CT molecular complexity index is 862. The summed E-state index contributed by atoms with van der Waals surface area (Å²) in [5.41, 5.74) is 3.51. The third-order valence-electron chi connectivity index (χ3n) is 5.44. The van der Waals surface area contributed by atoms with Gasteiger partial charge in [0, 0.05) is 74.6 Å². The molecule has 3 heterocycles. The molecule has 5 nitrogen and oxygen atoms in total. The Morgan fingerprint density at radius 2 is 1.96 bits per heavy atom. The normalized spacial score (nSPS) is 18.6. The summed E-state index contributed by atoms with van der Waals surface area (Å²) in [6, 6.07) is 15.1. The summed E-state index contributed by atoms with van der Waals surface area (Å²) in [7, 11) is 1.99. The van der Waals surface area contributed by atoms with Crippen LogP contribution in [-0.2, 0) is 20.1 Å². The van der Waals surface area contributed by atoms with Crippen LogP contribution in [0.5, 0.6) is 0 Å². The molecule has 1 atom stereocenters. The molecule has 0 amide bonds. The maximum absolute atomic E-state index is 9.58. The first kappa shape index (κ1) is 19.3. The molecule has 1 N–H and O–H groups in total. The van der Waals surface area contributed by atoms with Crippen LogP contribution in [0.3, 0.4) is 0 Å². The van der Waals surface area contributed by atoms with Crippen LogP contribution in [0, 0.1) is 0 Å². The molecule has 148 valence electrons. The molecule has 3 aromatic rings. The summed E-state index contributed by atoms with van der Waals surface area (Å²) < 4.78 is 1.91. The van der Waals surface area contributed by atoms with Crippen LogP contribution in [0.25, 0.3) is 11.3 Å². The minimum Gasteiger partial charge on any atom is -0.396 e. The number of aliphatic hydroxyl groups is 1. The third kappa shape index (κ3) is 4.52. The van der Waals surface area contributed by atoms with Crippen LogP contribution >= 0.6 is 11.3 Å². The lowest BCUT2D eigenvalue weighted by molar-refractivity contribution is 0.0507. The van der Waals surface area contributed by atoms with Gasteiger partial charge < -0.3 is 5.11 Å². The van der Waals surface area contributed by atoms with E-state index < -0.39 is 0 Å². The molecule has 1 saturated heterocycles. The van der Waals surface area contributed by atoms with Crippen LogP contribution in [0.4, 0.5) is 0 Å². The van der Waals surface area contributed by atoms with Gasteiger partial charge in [-0.1, -0.05) is 36.4 Å². The highest BCUT2D eigenvalue weighted by Crippen LogP contribution is 2.25. The zero-order valence-corrected chi connectivity index (χ0v) is 17.2. The molecular formula is C22H28N4OS. The molecule has 0 spiro atoms. The van der Waals surface area contributed by atoms with Crippen molar-refractivity contribution < 1.29 is 5.11 Å². The lowest BCUT2D eigenvalue weighted by Crippen LogP contribution is -2.52. The fourth-order valence-electron chi connectivity index (χ4n) is 4.07. The van der Waals surface area contributed by atoms with Gasteiger partial charge in [0.05, 0.1) is 5.69 Å². The molecule has 28 heavy (non-hydrogen) atoms. The molecule has 1 fully saturated rings. The van der Waals surface area contributed by atoms with Crippen molar-refractivity contribution in [1.29, 1.82) is 0 Å². The van der Waals surface area contributed by atoms with Gasteiger partial charge in [-0.05, 0) is 17.9 Å². The fourth-order valence-corrected chi connectivity index (χ4v) is 4.80. The summed E-state index contributed by atoms with van der Waals surface area (Å²) in [5.74, 6) is 0. The van der Waals surface area contributed by atoms with Crippen LogP contribution in [0.2, 0.25) is 0 Å². The highest BCUT2D eigenvalue weighted by molar-refractivity contribution is 7.09. The standard InChI is InChI=1S/C22H28N4OS/c1-24-14-19(22(23-24)18-6-3-2-4-7-18)15-25-10-11-26(20(16-25)9-12-27)17-21-8-5-13-28-21/h2-8,13-14,20,27H,9-12,15-17H2,1H3. The zero-order valence-electron chi connectivity index (χ0n) is 16.4. The number of aromatic nitrogens is 2. The van der Waals surface area contributed by atoms with E-state index in [-0.39, 0.29) is 6.61 Å². The van der Waals surface area contributed by atoms with E-state index in [0.717, 1.165) is 44.8 Å². The largest absolute Gasteiger partial charge is 0.396 e. The van der Waals surface area contributed by atoms with Crippen molar-refractivity contribution in [2.24, 2.45) is 7.05 Å². The summed E-state index contributed by atoms with van der Waals surface area (Å²) >= 11 is 1.81. The molecule has 1 aliphatic heterocycles. The monoisotopic (exact) mass is 396 g/mol. The Labute approximate surface area is 170 Å². The summed E-state index contributed by atoms with van der Waals surface area (Å²) in [6.45, 7) is 5.17. The topological polar surface area (TPSA) is 44.5 Å². The number of hydrogen-bond donors (Lipinski definition) is 1. The van der Waals surface area contributed by atoms with Crippen molar-refractivity contribution in [1.82, 2.24) is 19.6 Å². The highest BCUT2D eigenvalue weighted by atomic mass is 32.1. The predicted molar refractivity (Wildman–Crippen MR) is 114 cm³/mol. The Balaban J connectivity index is 1.46. The second-order valence-corrected chi connectivity index (χ2v) is 8.53. The molecular weight excluding hydrogens is 368 g/mol. The summed E-state index contributed by atoms with van der Waals surface area (Å²) in [4.78, 5) is 6.43. The number of aryl methyl sites for hydroxylation is 1. The van der Waals surface area contributed by atoms with Gasteiger partial charge in [-0.15, -0.1) is 11.3 Å². The number of hydrogen-bond acceptors (Lipinski definition) is 5. The lowest BCUT2D eigenvalue weighted by Gasteiger charge is -2.41. The number of aliphatic hydroxyl groups excluding tert-OH is 1. The molecule has 0 radical (unpaired) electrons. The van der Waals surface area contributed by atoms with Crippen molar-refractivity contribution in [3.05, 3.63) is 64.5 Å². The van der Waals surface area contributed by atoms with E-state index in [2.05, 4.69) is 57.8 Å². The van der Waals surface area contributed by atoms with Gasteiger partial charge in [0.15, 0.2) is 0 Å². The van der Waals surface area contributed by atoms with Crippen molar-refractivity contribution >= 4 is 11.3 Å². The second-order valence-electron chi connectivity index (χ2n) is 7.49. The first-order valence-corrected chi connectivity index (χ1v) is 10.8. The number of piperazine rings is 1. The van der Waals surface area contributed by atoms with E-state index in [9.17, 15) is 5.11 Å². The van der Waals surface area contributed by atoms with Gasteiger partial charge in [-0.25, -0.2) is 0 Å². The van der Waals surface area contributed by atoms with Crippen molar-refractivity contribution in [2.75, 3.05) is 26.2 Å². The van der Waals surface area contributed by atoms with E-state index >= 15 is 0 Å². The van der Waals surface area contributed by atoms with E-state index in [1.807, 2.05) is 29.1 Å². The average molecular weight is 397 g/mol. The molecule has 0 saturated carbocycles. The van der Waals surface area contributed by atoms with E-state index in [0.29, 0.717) is 6.04 Å². The molecule has 1 aromatic carbocycles. The molecule has 1 aliphatic rings. The number of benzene rings is 1. The van der Waals surface area contributed by atoms with Crippen LogP contribution < -0.4 is 0 Å². The van der Waals surface area contributed by atoms with E-state index in [1.54, 1.807) is 0 Å². The maximum Gasteiger partial charge on any atom is 0.0968 e. The lowest BCUT2D eigenvalue weighted by atomic mass is 10.1. The first-order valence-electron chi connectivity index (χ1n) is 9.90. The van der Waals surface area contributed by atoms with Crippen LogP contribution in [0.15, 0.2) is 54.0 Å². The zero-order chi connectivity index (χ0) is 19.3. The predicted octanol–water partition coefficient (Wildman–Crippen LogP) is 3.22. The number of thiophene rings is 1. The molecule has 2 aromatic heterocycles. The minimum absolute atomic E-state index is 0.238. The van der Waals surface area contributed by atoms with Gasteiger partial charge in [0.25, 0.3) is 0 Å². The van der Waals surface area contributed by atoms with E-state index in [1.165, 1.54) is 16.0 Å². The molecule has 1 unspecified atom stereocenters. The maximum atomic E-state index is 9.58. The smallest absolute Gasteiger partial charge is 0.0968 e. The number of nitrogens with zero attached hydrogens (tertiary/aromatic N) is 4. The SMILES string of the molecule is Cn1cc(CN2CCN(Cc3cccs3)C(CCO)C2)c(-c2ccccc2)n1. The van der Waals surface area contributed by atoms with Gasteiger partial charge in [0.1, 0.15) is 0 Å². The van der Waals surface area contributed by atoms with Crippen molar-refractivity contribution in [3.63, 3.8) is 0 Å². The molecule has 0 bridgehead atoms. The van der Waals surface area contributed by atoms with Crippen molar-refractivity contribution in [3.8, 4) is 11.3 Å². The Morgan fingerprint density at radius 3 is 2.71 bits per heavy atom. The fraction of sp³-hybridized carbons (Fsp3) is 0.409. The minimum atomic E-state index is 0.238. The number of rotatable bonds is 7. The first-order chi connectivity index (χ1) is 13.7.